The van der Waals surface area contributed by atoms with E-state index in [4.69, 9.17) is 0 Å². The molecular weight excluding hydrogens is 246 g/mol. The number of fused-ring (bicyclic) bond motifs is 1. The van der Waals surface area contributed by atoms with Crippen LogP contribution in [0.5, 0.6) is 0 Å². The molecule has 0 saturated heterocycles. The highest BCUT2D eigenvalue weighted by Crippen LogP contribution is 2.24. The summed E-state index contributed by atoms with van der Waals surface area (Å²) in [6.07, 6.45) is 4.92. The lowest BCUT2D eigenvalue weighted by molar-refractivity contribution is 0.608. The molecule has 1 aliphatic carbocycles. The van der Waals surface area contributed by atoms with Gasteiger partial charge in [-0.2, -0.15) is 5.26 Å². The van der Waals surface area contributed by atoms with Crippen LogP contribution in [-0.4, -0.2) is 11.0 Å². The van der Waals surface area contributed by atoms with Gasteiger partial charge >= 0.3 is 0 Å². The highest BCUT2D eigenvalue weighted by atomic mass is 15.0. The summed E-state index contributed by atoms with van der Waals surface area (Å²) >= 11 is 0. The van der Waals surface area contributed by atoms with Crippen molar-refractivity contribution in [1.82, 2.24) is 4.98 Å². The normalized spacial score (nSPS) is 17.1. The predicted molar refractivity (Wildman–Crippen MR) is 79.6 cm³/mol. The molecule has 20 heavy (non-hydrogen) atoms. The molecule has 0 radical (unpaired) electrons. The smallest absolute Gasteiger partial charge is 0.144 e. The monoisotopic (exact) mass is 263 g/mol. The molecule has 1 aromatic heterocycles. The van der Waals surface area contributed by atoms with Crippen LogP contribution in [0, 0.1) is 18.3 Å². The van der Waals surface area contributed by atoms with Crippen molar-refractivity contribution in [1.29, 1.82) is 5.26 Å². The van der Waals surface area contributed by atoms with Crippen LogP contribution >= 0.6 is 0 Å². The van der Waals surface area contributed by atoms with Crippen molar-refractivity contribution in [2.24, 2.45) is 0 Å². The van der Waals surface area contributed by atoms with Crippen LogP contribution in [0.3, 0.4) is 0 Å². The SMILES string of the molecule is Cc1ccnc(NC2CCc3ccccc3C2)c1C#N. The van der Waals surface area contributed by atoms with E-state index in [9.17, 15) is 5.26 Å². The highest BCUT2D eigenvalue weighted by Gasteiger charge is 2.19. The number of pyridine rings is 1. The zero-order valence-electron chi connectivity index (χ0n) is 11.6. The third-order valence-electron chi connectivity index (χ3n) is 3.96. The maximum Gasteiger partial charge on any atom is 0.144 e. The van der Waals surface area contributed by atoms with Gasteiger partial charge in [-0.25, -0.2) is 4.98 Å². The van der Waals surface area contributed by atoms with E-state index in [-0.39, 0.29) is 0 Å². The fourth-order valence-electron chi connectivity index (χ4n) is 2.82. The minimum Gasteiger partial charge on any atom is -0.366 e. The van der Waals surface area contributed by atoms with Gasteiger partial charge in [-0.15, -0.1) is 0 Å². The largest absolute Gasteiger partial charge is 0.366 e. The summed E-state index contributed by atoms with van der Waals surface area (Å²) in [4.78, 5) is 4.33. The van der Waals surface area contributed by atoms with Gasteiger partial charge in [-0.3, -0.25) is 0 Å². The molecule has 1 heterocycles. The lowest BCUT2D eigenvalue weighted by Crippen LogP contribution is -2.28. The maximum absolute atomic E-state index is 9.26. The van der Waals surface area contributed by atoms with Gasteiger partial charge in [0.15, 0.2) is 0 Å². The first kappa shape index (κ1) is 12.7. The number of hydrogen-bond acceptors (Lipinski definition) is 3. The molecule has 3 rings (SSSR count). The minimum atomic E-state index is 0.353. The van der Waals surface area contributed by atoms with E-state index >= 15 is 0 Å². The first-order valence-electron chi connectivity index (χ1n) is 6.97. The van der Waals surface area contributed by atoms with E-state index in [1.165, 1.54) is 11.1 Å². The molecule has 2 aromatic rings. The van der Waals surface area contributed by atoms with Crippen molar-refractivity contribution in [3.63, 3.8) is 0 Å². The van der Waals surface area contributed by atoms with E-state index < -0.39 is 0 Å². The summed E-state index contributed by atoms with van der Waals surface area (Å²) in [5.41, 5.74) is 4.48. The lowest BCUT2D eigenvalue weighted by atomic mass is 9.88. The average Bonchev–Trinajstić information content (AvgIpc) is 2.47. The van der Waals surface area contributed by atoms with E-state index in [1.807, 2.05) is 13.0 Å². The molecule has 0 amide bonds. The molecule has 0 saturated carbocycles. The first-order chi connectivity index (χ1) is 9.78. The Labute approximate surface area is 119 Å². The van der Waals surface area contributed by atoms with Crippen LogP contribution in [0.2, 0.25) is 0 Å². The second kappa shape index (κ2) is 5.34. The predicted octanol–water partition coefficient (Wildman–Crippen LogP) is 3.23. The number of nitrogens with one attached hydrogen (secondary N) is 1. The average molecular weight is 263 g/mol. The molecule has 1 unspecified atom stereocenters. The van der Waals surface area contributed by atoms with Gasteiger partial charge in [-0.05, 0) is 48.9 Å². The molecule has 0 spiro atoms. The number of nitriles is 1. The molecule has 3 nitrogen and oxygen atoms in total. The van der Waals surface area contributed by atoms with Crippen LogP contribution in [0.25, 0.3) is 0 Å². The molecule has 0 fully saturated rings. The Morgan fingerprint density at radius 1 is 1.25 bits per heavy atom. The Morgan fingerprint density at radius 3 is 2.85 bits per heavy atom. The Morgan fingerprint density at radius 2 is 2.05 bits per heavy atom. The summed E-state index contributed by atoms with van der Waals surface area (Å²) in [6, 6.07) is 13.1. The van der Waals surface area contributed by atoms with Gasteiger partial charge < -0.3 is 5.32 Å². The number of hydrogen-bond donors (Lipinski definition) is 1. The molecule has 3 heteroatoms. The van der Waals surface area contributed by atoms with Gasteiger partial charge in [0.2, 0.25) is 0 Å². The quantitative estimate of drug-likeness (QED) is 0.905. The van der Waals surface area contributed by atoms with E-state index in [1.54, 1.807) is 6.20 Å². The molecule has 1 atom stereocenters. The van der Waals surface area contributed by atoms with Crippen molar-refractivity contribution >= 4 is 5.82 Å². The first-order valence-corrected chi connectivity index (χ1v) is 6.97. The highest BCUT2D eigenvalue weighted by molar-refractivity contribution is 5.56. The lowest BCUT2D eigenvalue weighted by Gasteiger charge is -2.26. The minimum absolute atomic E-state index is 0.353. The molecule has 1 aromatic carbocycles. The van der Waals surface area contributed by atoms with Gasteiger partial charge in [0.25, 0.3) is 0 Å². The van der Waals surface area contributed by atoms with Gasteiger partial charge in [0, 0.05) is 12.2 Å². The second-order valence-corrected chi connectivity index (χ2v) is 5.32. The van der Waals surface area contributed by atoms with Crippen molar-refractivity contribution in [3.05, 3.63) is 58.8 Å². The second-order valence-electron chi connectivity index (χ2n) is 5.32. The zero-order valence-corrected chi connectivity index (χ0v) is 11.6. The van der Waals surface area contributed by atoms with Crippen LogP contribution in [-0.2, 0) is 12.8 Å². The zero-order chi connectivity index (χ0) is 13.9. The Bertz CT molecular complexity index is 670. The van der Waals surface area contributed by atoms with Crippen LogP contribution in [0.1, 0.15) is 28.7 Å². The Kier molecular flexibility index (Phi) is 3.39. The van der Waals surface area contributed by atoms with Gasteiger partial charge in [0.05, 0.1) is 5.56 Å². The fourth-order valence-corrected chi connectivity index (χ4v) is 2.82. The van der Waals surface area contributed by atoms with Gasteiger partial charge in [-0.1, -0.05) is 24.3 Å². The number of anilines is 1. The molecule has 1 N–H and O–H groups in total. The van der Waals surface area contributed by atoms with E-state index in [0.717, 1.165) is 30.6 Å². The van der Waals surface area contributed by atoms with Crippen LogP contribution < -0.4 is 5.32 Å². The Hall–Kier alpha value is -2.34. The summed E-state index contributed by atoms with van der Waals surface area (Å²) < 4.78 is 0. The van der Waals surface area contributed by atoms with Crippen molar-refractivity contribution < 1.29 is 0 Å². The number of aryl methyl sites for hydroxylation is 2. The Balaban J connectivity index is 1.81. The molecular formula is C17H17N3. The van der Waals surface area contributed by atoms with Crippen molar-refractivity contribution in [3.8, 4) is 6.07 Å². The van der Waals surface area contributed by atoms with Crippen LogP contribution in [0.4, 0.5) is 5.82 Å². The summed E-state index contributed by atoms with van der Waals surface area (Å²) in [7, 11) is 0. The van der Waals surface area contributed by atoms with E-state index in [2.05, 4.69) is 40.6 Å². The van der Waals surface area contributed by atoms with Crippen LogP contribution in [0.15, 0.2) is 36.5 Å². The summed E-state index contributed by atoms with van der Waals surface area (Å²) in [5, 5.41) is 12.7. The summed E-state index contributed by atoms with van der Waals surface area (Å²) in [5.74, 6) is 0.719. The molecule has 0 bridgehead atoms. The molecule has 100 valence electrons. The topological polar surface area (TPSA) is 48.7 Å². The third-order valence-corrected chi connectivity index (χ3v) is 3.96. The fraction of sp³-hybridized carbons (Fsp3) is 0.294. The molecule has 1 aliphatic rings. The van der Waals surface area contributed by atoms with Crippen molar-refractivity contribution in [2.75, 3.05) is 5.32 Å². The molecule has 0 aliphatic heterocycles. The number of rotatable bonds is 2. The van der Waals surface area contributed by atoms with Gasteiger partial charge in [0.1, 0.15) is 11.9 Å². The summed E-state index contributed by atoms with van der Waals surface area (Å²) in [6.45, 7) is 1.95. The number of aromatic nitrogens is 1. The van der Waals surface area contributed by atoms with E-state index in [0.29, 0.717) is 11.6 Å². The standard InChI is InChI=1S/C17H17N3/c1-12-8-9-19-17(16(12)11-18)20-15-7-6-13-4-2-3-5-14(13)10-15/h2-5,8-9,15H,6-7,10H2,1H3,(H,19,20). The number of nitrogens with zero attached hydrogens (tertiary/aromatic N) is 2. The third kappa shape index (κ3) is 2.37. The maximum atomic E-state index is 9.26. The number of benzene rings is 1. The van der Waals surface area contributed by atoms with Crippen molar-refractivity contribution in [2.45, 2.75) is 32.2 Å².